The van der Waals surface area contributed by atoms with Crippen LogP contribution in [0.1, 0.15) is 38.1 Å². The lowest BCUT2D eigenvalue weighted by Crippen LogP contribution is -2.41. The van der Waals surface area contributed by atoms with Crippen molar-refractivity contribution in [2.45, 2.75) is 38.9 Å². The largest absolute Gasteiger partial charge is 0.533 e. The minimum absolute atomic E-state index is 0.330. The van der Waals surface area contributed by atoms with E-state index >= 15 is 0 Å². The zero-order chi connectivity index (χ0) is 13.6. The predicted octanol–water partition coefficient (Wildman–Crippen LogP) is 1.37. The molecule has 0 aromatic carbocycles. The van der Waals surface area contributed by atoms with E-state index in [1.807, 2.05) is 27.7 Å². The molecule has 18 heavy (non-hydrogen) atoms. The van der Waals surface area contributed by atoms with Gasteiger partial charge >= 0.3 is 13.1 Å². The Bertz CT molecular complexity index is 447. The molecule has 1 aromatic rings. The second kappa shape index (κ2) is 4.14. The first-order valence-corrected chi connectivity index (χ1v) is 5.80. The Morgan fingerprint density at radius 3 is 2.28 bits per heavy atom. The van der Waals surface area contributed by atoms with Crippen molar-refractivity contribution in [2.75, 3.05) is 7.11 Å². The first-order chi connectivity index (χ1) is 8.28. The maximum Gasteiger partial charge on any atom is 0.533 e. The van der Waals surface area contributed by atoms with Crippen molar-refractivity contribution in [3.8, 4) is 0 Å². The molecular weight excluding hydrogens is 235 g/mol. The van der Waals surface area contributed by atoms with Crippen LogP contribution in [0.4, 0.5) is 0 Å². The maximum absolute atomic E-state index is 11.6. The Labute approximate surface area is 107 Å². The smallest absolute Gasteiger partial charge is 0.472 e. The van der Waals surface area contributed by atoms with E-state index in [2.05, 4.69) is 4.74 Å². The lowest BCUT2D eigenvalue weighted by atomic mass is 9.83. The van der Waals surface area contributed by atoms with Crippen molar-refractivity contribution in [3.05, 3.63) is 17.9 Å². The quantitative estimate of drug-likeness (QED) is 0.587. The summed E-state index contributed by atoms with van der Waals surface area (Å²) in [4.78, 5) is 11.6. The van der Waals surface area contributed by atoms with Gasteiger partial charge in [0, 0.05) is 0 Å². The second-order valence-electron chi connectivity index (χ2n) is 5.28. The van der Waals surface area contributed by atoms with Crippen LogP contribution in [0.3, 0.4) is 0 Å². The molecule has 98 valence electrons. The first-order valence-electron chi connectivity index (χ1n) is 5.80. The molecule has 2 rings (SSSR count). The normalized spacial score (nSPS) is 21.1. The average molecular weight is 252 g/mol. The summed E-state index contributed by atoms with van der Waals surface area (Å²) in [6.45, 7) is 7.75. The fraction of sp³-hybridized carbons (Fsp3) is 0.583. The average Bonchev–Trinajstić information content (AvgIpc) is 2.81. The van der Waals surface area contributed by atoms with E-state index in [0.717, 1.165) is 0 Å². The number of esters is 1. The molecule has 0 unspecified atom stereocenters. The third kappa shape index (κ3) is 1.95. The van der Waals surface area contributed by atoms with E-state index in [4.69, 9.17) is 13.7 Å². The van der Waals surface area contributed by atoms with Crippen LogP contribution in [0.25, 0.3) is 0 Å². The summed E-state index contributed by atoms with van der Waals surface area (Å²) in [6, 6.07) is 1.55. The first kappa shape index (κ1) is 13.2. The van der Waals surface area contributed by atoms with Gasteiger partial charge in [0.05, 0.1) is 30.1 Å². The van der Waals surface area contributed by atoms with Crippen molar-refractivity contribution in [1.29, 1.82) is 0 Å². The molecule has 0 atom stereocenters. The van der Waals surface area contributed by atoms with Gasteiger partial charge < -0.3 is 18.5 Å². The number of hydrogen-bond acceptors (Lipinski definition) is 5. The number of carbonyl (C=O) groups is 1. The predicted molar refractivity (Wildman–Crippen MR) is 65.8 cm³/mol. The molecule has 5 nitrogen and oxygen atoms in total. The summed E-state index contributed by atoms with van der Waals surface area (Å²) in [5.41, 5.74) is -0.271. The second-order valence-corrected chi connectivity index (χ2v) is 5.28. The Kier molecular flexibility index (Phi) is 3.03. The number of rotatable bonds is 2. The van der Waals surface area contributed by atoms with Crippen LogP contribution in [0, 0.1) is 0 Å². The van der Waals surface area contributed by atoms with Gasteiger partial charge in [0.15, 0.2) is 0 Å². The molecule has 2 heterocycles. The van der Waals surface area contributed by atoms with Crippen LogP contribution < -0.4 is 5.66 Å². The number of furan rings is 1. The highest BCUT2D eigenvalue weighted by molar-refractivity contribution is 6.62. The van der Waals surface area contributed by atoms with Gasteiger partial charge in [-0.05, 0) is 33.8 Å². The van der Waals surface area contributed by atoms with Crippen LogP contribution in [0.2, 0.25) is 0 Å². The minimum Gasteiger partial charge on any atom is -0.472 e. The van der Waals surface area contributed by atoms with Crippen molar-refractivity contribution in [1.82, 2.24) is 0 Å². The van der Waals surface area contributed by atoms with Gasteiger partial charge in [-0.1, -0.05) is 0 Å². The van der Waals surface area contributed by atoms with E-state index in [1.165, 1.54) is 13.4 Å². The summed E-state index contributed by atoms with van der Waals surface area (Å²) < 4.78 is 21.6. The number of ether oxygens (including phenoxy) is 1. The molecule has 1 aromatic heterocycles. The molecule has 0 N–H and O–H groups in total. The molecular formula is C12H17BO5. The number of methoxy groups -OCH3 is 1. The molecule has 0 spiro atoms. The summed E-state index contributed by atoms with van der Waals surface area (Å²) in [6.07, 6.45) is 1.42. The third-order valence-electron chi connectivity index (χ3n) is 3.57. The highest BCUT2D eigenvalue weighted by atomic mass is 16.7. The SMILES string of the molecule is COC(=O)c1ccoc1B1OC(C)(C)C(C)(C)O1. The molecule has 6 heteroatoms. The molecule has 1 saturated heterocycles. The monoisotopic (exact) mass is 252 g/mol. The fourth-order valence-corrected chi connectivity index (χ4v) is 1.73. The minimum atomic E-state index is -0.695. The van der Waals surface area contributed by atoms with Gasteiger partial charge in [-0.2, -0.15) is 0 Å². The number of hydrogen-bond donors (Lipinski definition) is 0. The van der Waals surface area contributed by atoms with Gasteiger partial charge in [-0.3, -0.25) is 0 Å². The standard InChI is InChI=1S/C12H17BO5/c1-11(2)12(3,4)18-13(17-11)9-8(6-7-16-9)10(14)15-5/h6-7H,1-5H3. The van der Waals surface area contributed by atoms with E-state index in [-0.39, 0.29) is 0 Å². The zero-order valence-electron chi connectivity index (χ0n) is 11.3. The van der Waals surface area contributed by atoms with Crippen molar-refractivity contribution >= 4 is 18.7 Å². The van der Waals surface area contributed by atoms with Crippen molar-refractivity contribution < 1.29 is 23.3 Å². The van der Waals surface area contributed by atoms with Gasteiger partial charge in [0.2, 0.25) is 0 Å². The summed E-state index contributed by atoms with van der Waals surface area (Å²) >= 11 is 0. The van der Waals surface area contributed by atoms with Gasteiger partial charge in [-0.15, -0.1) is 0 Å². The third-order valence-corrected chi connectivity index (χ3v) is 3.57. The van der Waals surface area contributed by atoms with Crippen LogP contribution in [-0.4, -0.2) is 31.4 Å². The maximum atomic E-state index is 11.6. The lowest BCUT2D eigenvalue weighted by Gasteiger charge is -2.32. The molecule has 0 bridgehead atoms. The van der Waals surface area contributed by atoms with Crippen LogP contribution in [0.5, 0.6) is 0 Å². The van der Waals surface area contributed by atoms with E-state index in [9.17, 15) is 4.79 Å². The van der Waals surface area contributed by atoms with Gasteiger partial charge in [-0.25, -0.2) is 4.79 Å². The Morgan fingerprint density at radius 2 is 1.78 bits per heavy atom. The molecule has 1 aliphatic heterocycles. The summed E-state index contributed by atoms with van der Waals surface area (Å²) in [5, 5.41) is 0. The van der Waals surface area contributed by atoms with E-state index in [1.54, 1.807) is 6.07 Å². The lowest BCUT2D eigenvalue weighted by molar-refractivity contribution is 0.00578. The van der Waals surface area contributed by atoms with Crippen molar-refractivity contribution in [2.24, 2.45) is 0 Å². The number of carbonyl (C=O) groups excluding carboxylic acids is 1. The van der Waals surface area contributed by atoms with Crippen LogP contribution in [-0.2, 0) is 14.0 Å². The molecule has 1 aliphatic rings. The summed E-state index contributed by atoms with van der Waals surface area (Å²) in [5.74, 6) is -0.464. The topological polar surface area (TPSA) is 57.9 Å². The summed E-state index contributed by atoms with van der Waals surface area (Å²) in [7, 11) is 0.627. The van der Waals surface area contributed by atoms with Gasteiger partial charge in [0.1, 0.15) is 5.66 Å². The molecule has 0 amide bonds. The molecule has 0 aliphatic carbocycles. The molecule has 1 fully saturated rings. The highest BCUT2D eigenvalue weighted by Gasteiger charge is 2.54. The Morgan fingerprint density at radius 1 is 1.22 bits per heavy atom. The zero-order valence-corrected chi connectivity index (χ0v) is 11.3. The van der Waals surface area contributed by atoms with Gasteiger partial charge in [0.25, 0.3) is 0 Å². The highest BCUT2D eigenvalue weighted by Crippen LogP contribution is 2.36. The van der Waals surface area contributed by atoms with Crippen molar-refractivity contribution in [3.63, 3.8) is 0 Å². The van der Waals surface area contributed by atoms with Crippen LogP contribution in [0.15, 0.2) is 16.7 Å². The Hall–Kier alpha value is -1.27. The van der Waals surface area contributed by atoms with E-state index < -0.39 is 24.3 Å². The van der Waals surface area contributed by atoms with E-state index in [0.29, 0.717) is 11.2 Å². The fourth-order valence-electron chi connectivity index (χ4n) is 1.73. The molecule has 0 radical (unpaired) electrons. The molecule has 0 saturated carbocycles. The Balaban J connectivity index is 2.30. The van der Waals surface area contributed by atoms with Crippen LogP contribution >= 0.6 is 0 Å².